The van der Waals surface area contributed by atoms with E-state index in [1.54, 1.807) is 28.6 Å². The lowest BCUT2D eigenvalue weighted by atomic mass is 10.1. The largest absolute Gasteiger partial charge is 0.329 e. The van der Waals surface area contributed by atoms with Gasteiger partial charge in [-0.15, -0.1) is 0 Å². The topological polar surface area (TPSA) is 41.8 Å². The molecule has 0 atom stereocenters. The molecule has 0 aromatic heterocycles. The number of benzene rings is 2. The van der Waals surface area contributed by atoms with Gasteiger partial charge >= 0.3 is 0 Å². The standard InChI is InChI=1S/C18H21ClN2O2S/c1-15-6-8-16(9-7-15)14-20-10-12-21(13-11-20)24(22,23)18-5-3-2-4-17(18)19/h2-9H,10-14H2,1H3/p+1. The Kier molecular flexibility index (Phi) is 5.25. The molecule has 24 heavy (non-hydrogen) atoms. The quantitative estimate of drug-likeness (QED) is 0.896. The zero-order chi connectivity index (χ0) is 17.2. The fourth-order valence-corrected chi connectivity index (χ4v) is 4.94. The van der Waals surface area contributed by atoms with Crippen molar-refractivity contribution in [2.45, 2.75) is 18.4 Å². The predicted octanol–water partition coefficient (Wildman–Crippen LogP) is 1.74. The van der Waals surface area contributed by atoms with Gasteiger partial charge in [0.05, 0.1) is 31.2 Å². The fraction of sp³-hybridized carbons (Fsp3) is 0.333. The van der Waals surface area contributed by atoms with E-state index in [1.807, 2.05) is 0 Å². The molecule has 1 N–H and O–H groups in total. The third kappa shape index (κ3) is 3.81. The summed E-state index contributed by atoms with van der Waals surface area (Å²) in [6, 6.07) is 15.2. The Balaban J connectivity index is 1.64. The van der Waals surface area contributed by atoms with E-state index in [0.29, 0.717) is 13.1 Å². The van der Waals surface area contributed by atoms with Crippen molar-refractivity contribution in [3.05, 3.63) is 64.7 Å². The number of nitrogens with one attached hydrogen (secondary N) is 1. The minimum atomic E-state index is -3.51. The number of sulfonamides is 1. The molecule has 3 rings (SSSR count). The molecule has 0 radical (unpaired) electrons. The Bertz CT molecular complexity index is 798. The van der Waals surface area contributed by atoms with Crippen LogP contribution in [0.1, 0.15) is 11.1 Å². The van der Waals surface area contributed by atoms with Crippen molar-refractivity contribution in [1.29, 1.82) is 0 Å². The molecule has 6 heteroatoms. The number of piperazine rings is 1. The summed E-state index contributed by atoms with van der Waals surface area (Å²) in [5.41, 5.74) is 2.54. The van der Waals surface area contributed by atoms with Crippen LogP contribution in [-0.2, 0) is 16.6 Å². The van der Waals surface area contributed by atoms with Gasteiger partial charge in [0.15, 0.2) is 0 Å². The first-order chi connectivity index (χ1) is 11.5. The number of halogens is 1. The highest BCUT2D eigenvalue weighted by Crippen LogP contribution is 2.24. The molecular formula is C18H22ClN2O2S+. The van der Waals surface area contributed by atoms with Gasteiger partial charge in [-0.25, -0.2) is 8.42 Å². The number of nitrogens with zero attached hydrogens (tertiary/aromatic N) is 1. The molecule has 1 aliphatic rings. The maximum Gasteiger partial charge on any atom is 0.244 e. The number of aryl methyl sites for hydroxylation is 1. The minimum absolute atomic E-state index is 0.202. The summed E-state index contributed by atoms with van der Waals surface area (Å²) in [5, 5.41) is 0.284. The summed E-state index contributed by atoms with van der Waals surface area (Å²) in [7, 11) is -3.51. The molecule has 1 aliphatic heterocycles. The maximum atomic E-state index is 12.7. The van der Waals surface area contributed by atoms with Crippen molar-refractivity contribution < 1.29 is 13.3 Å². The van der Waals surface area contributed by atoms with E-state index in [2.05, 4.69) is 31.2 Å². The third-order valence-electron chi connectivity index (χ3n) is 4.46. The van der Waals surface area contributed by atoms with Crippen LogP contribution in [0.15, 0.2) is 53.4 Å². The van der Waals surface area contributed by atoms with Gasteiger partial charge in [-0.3, -0.25) is 0 Å². The molecule has 0 amide bonds. The fourth-order valence-electron chi connectivity index (χ4n) is 3.01. The van der Waals surface area contributed by atoms with Crippen molar-refractivity contribution in [3.63, 3.8) is 0 Å². The summed E-state index contributed by atoms with van der Waals surface area (Å²) in [5.74, 6) is 0. The summed E-state index contributed by atoms with van der Waals surface area (Å²) in [4.78, 5) is 1.61. The van der Waals surface area contributed by atoms with Gasteiger partial charge in [-0.05, 0) is 19.1 Å². The molecule has 4 nitrogen and oxygen atoms in total. The SMILES string of the molecule is Cc1ccc(C[NH+]2CCN(S(=O)(=O)c3ccccc3Cl)CC2)cc1. The monoisotopic (exact) mass is 365 g/mol. The molecule has 0 aliphatic carbocycles. The van der Waals surface area contributed by atoms with Gasteiger partial charge in [0, 0.05) is 5.56 Å². The predicted molar refractivity (Wildman–Crippen MR) is 95.8 cm³/mol. The summed E-state index contributed by atoms with van der Waals surface area (Å²) < 4.78 is 27.0. The Morgan fingerprint density at radius 1 is 1.04 bits per heavy atom. The normalized spacial score (nSPS) is 17.1. The molecule has 0 saturated carbocycles. The molecule has 0 spiro atoms. The zero-order valence-corrected chi connectivity index (χ0v) is 15.3. The van der Waals surface area contributed by atoms with Gasteiger partial charge in [0.1, 0.15) is 11.4 Å². The number of hydrogen-bond donors (Lipinski definition) is 1. The van der Waals surface area contributed by atoms with Crippen LogP contribution in [0.25, 0.3) is 0 Å². The molecule has 1 saturated heterocycles. The Labute approximate surface area is 148 Å². The lowest BCUT2D eigenvalue weighted by molar-refractivity contribution is -0.917. The highest BCUT2D eigenvalue weighted by Gasteiger charge is 2.31. The minimum Gasteiger partial charge on any atom is -0.329 e. The molecule has 0 unspecified atom stereocenters. The van der Waals surface area contributed by atoms with Crippen LogP contribution < -0.4 is 4.90 Å². The summed E-state index contributed by atoms with van der Waals surface area (Å²) in [6.45, 7) is 5.66. The molecule has 1 heterocycles. The van der Waals surface area contributed by atoms with Gasteiger partial charge in [0.2, 0.25) is 10.0 Å². The van der Waals surface area contributed by atoms with Gasteiger partial charge < -0.3 is 4.90 Å². The number of rotatable bonds is 4. The van der Waals surface area contributed by atoms with Crippen molar-refractivity contribution in [3.8, 4) is 0 Å². The van der Waals surface area contributed by atoms with Crippen LogP contribution in [0.2, 0.25) is 5.02 Å². The van der Waals surface area contributed by atoms with Gasteiger partial charge in [-0.1, -0.05) is 53.6 Å². The molecule has 128 valence electrons. The highest BCUT2D eigenvalue weighted by molar-refractivity contribution is 7.89. The van der Waals surface area contributed by atoms with Gasteiger partial charge in [-0.2, -0.15) is 4.31 Å². The zero-order valence-electron chi connectivity index (χ0n) is 13.7. The average Bonchev–Trinajstić information content (AvgIpc) is 2.58. The van der Waals surface area contributed by atoms with Gasteiger partial charge in [0.25, 0.3) is 0 Å². The second-order valence-corrected chi connectivity index (χ2v) is 8.56. The Morgan fingerprint density at radius 3 is 2.29 bits per heavy atom. The van der Waals surface area contributed by atoms with E-state index >= 15 is 0 Å². The van der Waals surface area contributed by atoms with Crippen LogP contribution in [0, 0.1) is 6.92 Å². The van der Waals surface area contributed by atoms with E-state index < -0.39 is 10.0 Å². The number of quaternary nitrogens is 1. The summed E-state index contributed by atoms with van der Waals surface area (Å²) >= 11 is 6.07. The second kappa shape index (κ2) is 7.23. The molecule has 2 aromatic carbocycles. The van der Waals surface area contributed by atoms with Crippen molar-refractivity contribution in [2.24, 2.45) is 0 Å². The van der Waals surface area contributed by atoms with E-state index in [0.717, 1.165) is 19.6 Å². The Hall–Kier alpha value is -1.40. The lowest BCUT2D eigenvalue weighted by Gasteiger charge is -2.31. The first-order valence-corrected chi connectivity index (χ1v) is 9.92. The van der Waals surface area contributed by atoms with E-state index in [9.17, 15) is 8.42 Å². The Morgan fingerprint density at radius 2 is 1.67 bits per heavy atom. The van der Waals surface area contributed by atoms with Crippen molar-refractivity contribution >= 4 is 21.6 Å². The van der Waals surface area contributed by atoms with E-state index in [4.69, 9.17) is 11.6 Å². The first-order valence-electron chi connectivity index (χ1n) is 8.10. The van der Waals surface area contributed by atoms with Crippen LogP contribution in [0.4, 0.5) is 0 Å². The molecule has 0 bridgehead atoms. The first kappa shape index (κ1) is 17.4. The van der Waals surface area contributed by atoms with Crippen LogP contribution in [0.5, 0.6) is 0 Å². The maximum absolute atomic E-state index is 12.7. The van der Waals surface area contributed by atoms with Crippen LogP contribution >= 0.6 is 11.6 Å². The average molecular weight is 366 g/mol. The third-order valence-corrected chi connectivity index (χ3v) is 6.86. The van der Waals surface area contributed by atoms with Crippen LogP contribution in [-0.4, -0.2) is 38.9 Å². The molecular weight excluding hydrogens is 344 g/mol. The van der Waals surface area contributed by atoms with E-state index in [1.165, 1.54) is 16.0 Å². The smallest absolute Gasteiger partial charge is 0.244 e. The van der Waals surface area contributed by atoms with E-state index in [-0.39, 0.29) is 9.92 Å². The van der Waals surface area contributed by atoms with Crippen molar-refractivity contribution in [2.75, 3.05) is 26.2 Å². The van der Waals surface area contributed by atoms with Crippen molar-refractivity contribution in [1.82, 2.24) is 4.31 Å². The molecule has 1 fully saturated rings. The molecule has 2 aromatic rings. The second-order valence-electron chi connectivity index (χ2n) is 6.25. The number of hydrogen-bond acceptors (Lipinski definition) is 2. The highest BCUT2D eigenvalue weighted by atomic mass is 35.5. The summed E-state index contributed by atoms with van der Waals surface area (Å²) in [6.07, 6.45) is 0. The lowest BCUT2D eigenvalue weighted by Crippen LogP contribution is -3.13. The van der Waals surface area contributed by atoms with Crippen LogP contribution in [0.3, 0.4) is 0 Å².